The summed E-state index contributed by atoms with van der Waals surface area (Å²) in [6.45, 7) is 2.49. The molecule has 2 amide bonds. The van der Waals surface area contributed by atoms with E-state index < -0.39 is 6.04 Å². The summed E-state index contributed by atoms with van der Waals surface area (Å²) in [5, 5.41) is 2.65. The van der Waals surface area contributed by atoms with Gasteiger partial charge in [0.15, 0.2) is 0 Å². The normalized spacial score (nSPS) is 19.8. The van der Waals surface area contributed by atoms with Crippen LogP contribution in [-0.4, -0.2) is 35.8 Å². The number of nitrogens with zero attached hydrogens (tertiary/aromatic N) is 1. The first-order valence-electron chi connectivity index (χ1n) is 6.44. The first-order chi connectivity index (χ1) is 9.22. The molecule has 1 N–H and O–H groups in total. The van der Waals surface area contributed by atoms with Crippen LogP contribution in [0.3, 0.4) is 0 Å². The van der Waals surface area contributed by atoms with Crippen molar-refractivity contribution in [2.24, 2.45) is 0 Å². The number of carbonyl (C=O) groups is 2. The Labute approximate surface area is 113 Å². The molecule has 4 heteroatoms. The molecule has 100 valence electrons. The molecule has 0 radical (unpaired) electrons. The fourth-order valence-electron chi connectivity index (χ4n) is 2.19. The van der Waals surface area contributed by atoms with Gasteiger partial charge in [-0.15, -0.1) is 0 Å². The van der Waals surface area contributed by atoms with Crippen LogP contribution in [0.1, 0.15) is 12.5 Å². The van der Waals surface area contributed by atoms with Gasteiger partial charge in [-0.2, -0.15) is 0 Å². The second-order valence-corrected chi connectivity index (χ2v) is 4.54. The highest BCUT2D eigenvalue weighted by Gasteiger charge is 2.33. The van der Waals surface area contributed by atoms with Gasteiger partial charge in [0, 0.05) is 13.0 Å². The first-order valence-corrected chi connectivity index (χ1v) is 6.44. The van der Waals surface area contributed by atoms with Gasteiger partial charge < -0.3 is 10.2 Å². The minimum Gasteiger partial charge on any atom is -0.345 e. The summed E-state index contributed by atoms with van der Waals surface area (Å²) in [5.74, 6) is -0.105. The van der Waals surface area contributed by atoms with E-state index in [4.69, 9.17) is 0 Å². The Morgan fingerprint density at radius 3 is 2.74 bits per heavy atom. The largest absolute Gasteiger partial charge is 0.345 e. The number of amides is 2. The second-order valence-electron chi connectivity index (χ2n) is 4.54. The molecule has 1 aromatic carbocycles. The maximum Gasteiger partial charge on any atom is 0.243 e. The van der Waals surface area contributed by atoms with Crippen LogP contribution < -0.4 is 5.32 Å². The fraction of sp³-hybridized carbons (Fsp3) is 0.333. The van der Waals surface area contributed by atoms with Gasteiger partial charge in [0.2, 0.25) is 11.8 Å². The van der Waals surface area contributed by atoms with E-state index in [9.17, 15) is 9.59 Å². The lowest BCUT2D eigenvalue weighted by Crippen LogP contribution is -2.59. The van der Waals surface area contributed by atoms with E-state index in [0.29, 0.717) is 13.0 Å². The van der Waals surface area contributed by atoms with Crippen LogP contribution in [0.4, 0.5) is 0 Å². The molecular formula is C15H18N2O2. The Bertz CT molecular complexity index is 482. The van der Waals surface area contributed by atoms with Crippen LogP contribution in [0.2, 0.25) is 0 Å². The molecule has 2 rings (SSSR count). The summed E-state index contributed by atoms with van der Waals surface area (Å²) in [5.41, 5.74) is 1.06. The van der Waals surface area contributed by atoms with Crippen molar-refractivity contribution in [3.05, 3.63) is 48.0 Å². The third kappa shape index (κ3) is 3.22. The van der Waals surface area contributed by atoms with Crippen LogP contribution in [0.25, 0.3) is 0 Å². The monoisotopic (exact) mass is 258 g/mol. The number of rotatable bonds is 4. The Morgan fingerprint density at radius 1 is 1.32 bits per heavy atom. The van der Waals surface area contributed by atoms with Crippen molar-refractivity contribution in [2.45, 2.75) is 19.4 Å². The summed E-state index contributed by atoms with van der Waals surface area (Å²) in [4.78, 5) is 25.6. The summed E-state index contributed by atoms with van der Waals surface area (Å²) >= 11 is 0. The lowest BCUT2D eigenvalue weighted by molar-refractivity contribution is -0.144. The van der Waals surface area contributed by atoms with E-state index >= 15 is 0 Å². The van der Waals surface area contributed by atoms with Gasteiger partial charge in [-0.1, -0.05) is 42.5 Å². The van der Waals surface area contributed by atoms with Gasteiger partial charge in [0.1, 0.15) is 6.04 Å². The molecular weight excluding hydrogens is 240 g/mol. The zero-order valence-corrected chi connectivity index (χ0v) is 11.0. The molecule has 1 fully saturated rings. The van der Waals surface area contributed by atoms with Gasteiger partial charge >= 0.3 is 0 Å². The molecule has 1 aliphatic heterocycles. The molecule has 1 unspecified atom stereocenters. The minimum absolute atomic E-state index is 0.0290. The Morgan fingerprint density at radius 2 is 2.05 bits per heavy atom. The summed E-state index contributed by atoms with van der Waals surface area (Å²) in [6, 6.07) is 9.34. The fourth-order valence-corrected chi connectivity index (χ4v) is 2.19. The molecule has 1 saturated heterocycles. The molecule has 4 nitrogen and oxygen atoms in total. The van der Waals surface area contributed by atoms with Gasteiger partial charge in [-0.25, -0.2) is 0 Å². The van der Waals surface area contributed by atoms with Crippen LogP contribution in [0.5, 0.6) is 0 Å². The number of piperazine rings is 1. The van der Waals surface area contributed by atoms with Gasteiger partial charge in [-0.3, -0.25) is 9.59 Å². The number of hydrogen-bond donors (Lipinski definition) is 1. The summed E-state index contributed by atoms with van der Waals surface area (Å²) in [6.07, 6.45) is 4.34. The zero-order valence-electron chi connectivity index (χ0n) is 11.0. The summed E-state index contributed by atoms with van der Waals surface area (Å²) in [7, 11) is 0. The summed E-state index contributed by atoms with van der Waals surface area (Å²) < 4.78 is 0. The molecule has 0 aliphatic carbocycles. The standard InChI is InChI=1S/C15H18N2O2/c1-2-3-9-17-13(15(19)16-11-14(17)18)10-12-7-5-4-6-8-12/h2-8,13H,9-11H2,1H3,(H,16,19)/b3-2+. The maximum absolute atomic E-state index is 12.0. The predicted octanol–water partition coefficient (Wildman–Crippen LogP) is 1.13. The van der Waals surface area contributed by atoms with Crippen molar-refractivity contribution in [1.29, 1.82) is 0 Å². The highest BCUT2D eigenvalue weighted by Crippen LogP contribution is 2.12. The quantitative estimate of drug-likeness (QED) is 0.823. The zero-order chi connectivity index (χ0) is 13.7. The number of hydrogen-bond acceptors (Lipinski definition) is 2. The first kappa shape index (κ1) is 13.3. The van der Waals surface area contributed by atoms with Crippen molar-refractivity contribution < 1.29 is 9.59 Å². The number of nitrogens with one attached hydrogen (secondary N) is 1. The van der Waals surface area contributed by atoms with Gasteiger partial charge in [0.25, 0.3) is 0 Å². The number of carbonyl (C=O) groups excluding carboxylic acids is 2. The predicted molar refractivity (Wildman–Crippen MR) is 73.5 cm³/mol. The lowest BCUT2D eigenvalue weighted by atomic mass is 10.0. The number of allylic oxidation sites excluding steroid dienone is 1. The van der Waals surface area contributed by atoms with E-state index in [-0.39, 0.29) is 18.4 Å². The van der Waals surface area contributed by atoms with Crippen LogP contribution >= 0.6 is 0 Å². The molecule has 19 heavy (non-hydrogen) atoms. The van der Waals surface area contributed by atoms with Gasteiger partial charge in [0.05, 0.1) is 6.54 Å². The van der Waals surface area contributed by atoms with E-state index in [1.54, 1.807) is 4.90 Å². The smallest absolute Gasteiger partial charge is 0.243 e. The van der Waals surface area contributed by atoms with Crippen molar-refractivity contribution in [3.63, 3.8) is 0 Å². The molecule has 0 aromatic heterocycles. The molecule has 0 bridgehead atoms. The van der Waals surface area contributed by atoms with E-state index in [1.165, 1.54) is 0 Å². The molecule has 1 atom stereocenters. The Hall–Kier alpha value is -2.10. The van der Waals surface area contributed by atoms with Crippen molar-refractivity contribution in [1.82, 2.24) is 10.2 Å². The van der Waals surface area contributed by atoms with E-state index in [2.05, 4.69) is 5.32 Å². The van der Waals surface area contributed by atoms with E-state index in [1.807, 2.05) is 49.4 Å². The molecule has 1 aliphatic rings. The minimum atomic E-state index is -0.417. The Kier molecular flexibility index (Phi) is 4.34. The van der Waals surface area contributed by atoms with Crippen molar-refractivity contribution in [2.75, 3.05) is 13.1 Å². The average Bonchev–Trinajstić information content (AvgIpc) is 2.43. The maximum atomic E-state index is 12.0. The third-order valence-electron chi connectivity index (χ3n) is 3.22. The Balaban J connectivity index is 2.16. The third-order valence-corrected chi connectivity index (χ3v) is 3.22. The topological polar surface area (TPSA) is 49.4 Å². The van der Waals surface area contributed by atoms with Crippen molar-refractivity contribution >= 4 is 11.8 Å². The van der Waals surface area contributed by atoms with Gasteiger partial charge in [-0.05, 0) is 12.5 Å². The average molecular weight is 258 g/mol. The molecule has 0 spiro atoms. The van der Waals surface area contributed by atoms with Crippen molar-refractivity contribution in [3.8, 4) is 0 Å². The molecule has 1 aromatic rings. The number of benzene rings is 1. The van der Waals surface area contributed by atoms with E-state index in [0.717, 1.165) is 5.56 Å². The van der Waals surface area contributed by atoms with Crippen LogP contribution in [0, 0.1) is 0 Å². The highest BCUT2D eigenvalue weighted by molar-refractivity contribution is 5.95. The lowest BCUT2D eigenvalue weighted by Gasteiger charge is -2.34. The molecule has 1 heterocycles. The SMILES string of the molecule is C/C=C/CN1C(=O)CNC(=O)C1Cc1ccccc1. The van der Waals surface area contributed by atoms with Crippen LogP contribution in [-0.2, 0) is 16.0 Å². The highest BCUT2D eigenvalue weighted by atomic mass is 16.2. The van der Waals surface area contributed by atoms with Crippen LogP contribution in [0.15, 0.2) is 42.5 Å². The molecule has 0 saturated carbocycles. The second kappa shape index (κ2) is 6.18.